The molecule has 0 unspecified atom stereocenters. The van der Waals surface area contributed by atoms with Crippen LogP contribution in [-0.4, -0.2) is 42.1 Å². The third-order valence-corrected chi connectivity index (χ3v) is 7.06. The van der Waals surface area contributed by atoms with Crippen LogP contribution >= 0.6 is 0 Å². The Morgan fingerprint density at radius 1 is 1.19 bits per heavy atom. The molecule has 2 saturated carbocycles. The van der Waals surface area contributed by atoms with E-state index < -0.39 is 0 Å². The number of rotatable bonds is 2. The number of ether oxygens (including phenoxy) is 1. The molecule has 2 spiro atoms. The lowest BCUT2D eigenvalue weighted by Gasteiger charge is -2.60. The monoisotopic (exact) mass is 354 g/mol. The molecule has 5 nitrogen and oxygen atoms in total. The van der Waals surface area contributed by atoms with Gasteiger partial charge in [0.05, 0.1) is 5.54 Å². The Kier molecular flexibility index (Phi) is 3.26. The van der Waals surface area contributed by atoms with Crippen molar-refractivity contribution in [2.75, 3.05) is 19.7 Å². The van der Waals surface area contributed by atoms with E-state index in [1.54, 1.807) is 0 Å². The number of hydrogen-bond acceptors (Lipinski definition) is 3. The van der Waals surface area contributed by atoms with E-state index in [4.69, 9.17) is 4.74 Å². The first kappa shape index (κ1) is 16.2. The van der Waals surface area contributed by atoms with Gasteiger partial charge in [0.1, 0.15) is 6.61 Å². The zero-order chi connectivity index (χ0) is 18.1. The Hall–Kier alpha value is -2.04. The van der Waals surface area contributed by atoms with Gasteiger partial charge < -0.3 is 15.0 Å². The first-order chi connectivity index (χ1) is 12.4. The van der Waals surface area contributed by atoms with Gasteiger partial charge in [-0.1, -0.05) is 23.8 Å². The maximum absolute atomic E-state index is 12.7. The molecule has 2 heterocycles. The molecule has 1 aromatic carbocycles. The second kappa shape index (κ2) is 5.24. The standard InChI is InChI=1S/C21H26N2O3/c1-13-3-4-17(14(2)5-13)15-6-20(7-15)10-23(11-20)18(24)16-8-21(9-16)12-26-19(25)22-21/h3-5,15-16H,6-12H2,1-2H3,(H,22,25). The van der Waals surface area contributed by atoms with Crippen molar-refractivity contribution in [2.45, 2.75) is 51.0 Å². The number of hydrogen-bond donors (Lipinski definition) is 1. The predicted molar refractivity (Wildman–Crippen MR) is 96.8 cm³/mol. The van der Waals surface area contributed by atoms with Crippen LogP contribution in [0.1, 0.15) is 48.3 Å². The predicted octanol–water partition coefficient (Wildman–Crippen LogP) is 2.90. The van der Waals surface area contributed by atoms with E-state index in [0.29, 0.717) is 17.9 Å². The number of amides is 2. The third-order valence-electron chi connectivity index (χ3n) is 7.06. The summed E-state index contributed by atoms with van der Waals surface area (Å²) in [5.74, 6) is 0.993. The van der Waals surface area contributed by atoms with Gasteiger partial charge in [0.15, 0.2) is 0 Å². The van der Waals surface area contributed by atoms with Crippen LogP contribution in [0.15, 0.2) is 18.2 Å². The van der Waals surface area contributed by atoms with Crippen molar-refractivity contribution in [1.82, 2.24) is 10.2 Å². The van der Waals surface area contributed by atoms with Crippen molar-refractivity contribution in [1.29, 1.82) is 0 Å². The summed E-state index contributed by atoms with van der Waals surface area (Å²) in [5.41, 5.74) is 4.32. The van der Waals surface area contributed by atoms with Crippen LogP contribution in [0, 0.1) is 25.2 Å². The Labute approximate surface area is 154 Å². The van der Waals surface area contributed by atoms with Crippen LogP contribution in [0.5, 0.6) is 0 Å². The number of nitrogens with zero attached hydrogens (tertiary/aromatic N) is 1. The summed E-state index contributed by atoms with van der Waals surface area (Å²) in [6.07, 6.45) is 3.53. The first-order valence-corrected chi connectivity index (χ1v) is 9.68. The van der Waals surface area contributed by atoms with E-state index >= 15 is 0 Å². The lowest BCUT2D eigenvalue weighted by Crippen LogP contribution is -2.66. The van der Waals surface area contributed by atoms with Gasteiger partial charge in [-0.05, 0) is 56.6 Å². The summed E-state index contributed by atoms with van der Waals surface area (Å²) in [7, 11) is 0. The Morgan fingerprint density at radius 3 is 2.54 bits per heavy atom. The minimum absolute atomic E-state index is 0.0598. The van der Waals surface area contributed by atoms with Gasteiger partial charge in [-0.25, -0.2) is 4.79 Å². The lowest BCUT2D eigenvalue weighted by molar-refractivity contribution is -0.161. The van der Waals surface area contributed by atoms with Gasteiger partial charge in [0.25, 0.3) is 0 Å². The fraction of sp³-hybridized carbons (Fsp3) is 0.619. The number of alkyl carbamates (subject to hydrolysis) is 1. The lowest BCUT2D eigenvalue weighted by atomic mass is 9.55. The van der Waals surface area contributed by atoms with Crippen LogP contribution < -0.4 is 5.32 Å². The molecular weight excluding hydrogens is 328 g/mol. The quantitative estimate of drug-likeness (QED) is 0.888. The van der Waals surface area contributed by atoms with Crippen LogP contribution in [0.2, 0.25) is 0 Å². The highest BCUT2D eigenvalue weighted by Gasteiger charge is 2.58. The highest BCUT2D eigenvalue weighted by atomic mass is 16.6. The third kappa shape index (κ3) is 2.36. The van der Waals surface area contributed by atoms with Gasteiger partial charge in [0.2, 0.25) is 5.91 Å². The molecule has 0 bridgehead atoms. The fourth-order valence-corrected chi connectivity index (χ4v) is 5.70. The maximum Gasteiger partial charge on any atom is 0.407 e. The molecular formula is C21H26N2O3. The first-order valence-electron chi connectivity index (χ1n) is 9.68. The molecule has 5 heteroatoms. The van der Waals surface area contributed by atoms with Crippen LogP contribution in [-0.2, 0) is 9.53 Å². The minimum Gasteiger partial charge on any atom is -0.447 e. The molecule has 5 rings (SSSR count). The number of likely N-dealkylation sites (tertiary alicyclic amines) is 1. The molecule has 2 saturated heterocycles. The summed E-state index contributed by atoms with van der Waals surface area (Å²) in [4.78, 5) is 25.9. The molecule has 0 aromatic heterocycles. The van der Waals surface area contributed by atoms with Crippen molar-refractivity contribution in [3.8, 4) is 0 Å². The van der Waals surface area contributed by atoms with Crippen LogP contribution in [0.3, 0.4) is 0 Å². The molecule has 26 heavy (non-hydrogen) atoms. The maximum atomic E-state index is 12.7. The summed E-state index contributed by atoms with van der Waals surface area (Å²) in [6.45, 7) is 6.60. The van der Waals surface area contributed by atoms with Crippen molar-refractivity contribution >= 4 is 12.0 Å². The second-order valence-corrected chi connectivity index (χ2v) is 9.25. The summed E-state index contributed by atoms with van der Waals surface area (Å²) in [6, 6.07) is 6.77. The topological polar surface area (TPSA) is 58.6 Å². The van der Waals surface area contributed by atoms with Gasteiger partial charge in [-0.3, -0.25) is 4.79 Å². The molecule has 2 aliphatic carbocycles. The molecule has 4 aliphatic rings. The van der Waals surface area contributed by atoms with E-state index in [2.05, 4.69) is 37.4 Å². The number of nitrogens with one attached hydrogen (secondary N) is 1. The van der Waals surface area contributed by atoms with Crippen LogP contribution in [0.25, 0.3) is 0 Å². The van der Waals surface area contributed by atoms with Gasteiger partial charge in [-0.2, -0.15) is 0 Å². The zero-order valence-corrected chi connectivity index (χ0v) is 15.5. The molecule has 2 aliphatic heterocycles. The highest BCUT2D eigenvalue weighted by Crippen LogP contribution is 2.57. The largest absolute Gasteiger partial charge is 0.447 e. The van der Waals surface area contributed by atoms with Crippen molar-refractivity contribution in [2.24, 2.45) is 11.3 Å². The number of carbonyl (C=O) groups excluding carboxylic acids is 2. The van der Waals surface area contributed by atoms with Gasteiger partial charge in [-0.15, -0.1) is 0 Å². The van der Waals surface area contributed by atoms with E-state index in [9.17, 15) is 9.59 Å². The number of carbonyl (C=O) groups is 2. The SMILES string of the molecule is Cc1ccc(C2CC3(C2)CN(C(=O)C2CC4(COC(=O)N4)C2)C3)c(C)c1. The van der Waals surface area contributed by atoms with Crippen molar-refractivity contribution in [3.05, 3.63) is 34.9 Å². The van der Waals surface area contributed by atoms with Gasteiger partial charge >= 0.3 is 6.09 Å². The number of benzene rings is 1. The van der Waals surface area contributed by atoms with Crippen LogP contribution in [0.4, 0.5) is 4.79 Å². The molecule has 0 atom stereocenters. The zero-order valence-electron chi connectivity index (χ0n) is 15.5. The molecule has 1 N–H and O–H groups in total. The van der Waals surface area contributed by atoms with Gasteiger partial charge in [0, 0.05) is 24.4 Å². The second-order valence-electron chi connectivity index (χ2n) is 9.25. The summed E-state index contributed by atoms with van der Waals surface area (Å²) >= 11 is 0. The van der Waals surface area contributed by atoms with Crippen molar-refractivity contribution in [3.63, 3.8) is 0 Å². The van der Waals surface area contributed by atoms with E-state index in [1.807, 2.05) is 4.90 Å². The number of cyclic esters (lactones) is 1. The smallest absolute Gasteiger partial charge is 0.407 e. The molecule has 2 amide bonds. The molecule has 4 fully saturated rings. The van der Waals surface area contributed by atoms with Crippen molar-refractivity contribution < 1.29 is 14.3 Å². The minimum atomic E-state index is -0.342. The van der Waals surface area contributed by atoms with E-state index in [0.717, 1.165) is 25.9 Å². The average molecular weight is 354 g/mol. The van der Waals surface area contributed by atoms with E-state index in [1.165, 1.54) is 29.5 Å². The normalized spacial score (nSPS) is 28.2. The fourth-order valence-electron chi connectivity index (χ4n) is 5.70. The Bertz CT molecular complexity index is 782. The summed E-state index contributed by atoms with van der Waals surface area (Å²) in [5, 5.41) is 2.87. The molecule has 138 valence electrons. The summed E-state index contributed by atoms with van der Waals surface area (Å²) < 4.78 is 4.99. The molecule has 1 aromatic rings. The Balaban J connectivity index is 1.13. The Morgan fingerprint density at radius 2 is 1.92 bits per heavy atom. The molecule has 0 radical (unpaired) electrons. The van der Waals surface area contributed by atoms with E-state index in [-0.39, 0.29) is 23.5 Å². The number of aryl methyl sites for hydroxylation is 2. The highest BCUT2D eigenvalue weighted by molar-refractivity contribution is 5.82. The average Bonchev–Trinajstić information content (AvgIpc) is 2.86.